The Morgan fingerprint density at radius 2 is 1.64 bits per heavy atom. The molecule has 184 valence electrons. The molecule has 0 N–H and O–H groups in total. The number of aryl methyl sites for hydroxylation is 1. The minimum atomic E-state index is -0.412. The van der Waals surface area contributed by atoms with E-state index in [1.807, 2.05) is 43.3 Å². The van der Waals surface area contributed by atoms with Crippen molar-refractivity contribution < 1.29 is 18.9 Å². The van der Waals surface area contributed by atoms with Gasteiger partial charge in [-0.1, -0.05) is 0 Å². The SMILES string of the molecule is COc1ccc(-n2nc(-c3ccc(C)o3)cc2C(=O)N2CCN(c3ccc([N+](=O)[O-])cc3)CC2)cc1. The Bertz CT molecular complexity index is 1380. The third-order valence-corrected chi connectivity index (χ3v) is 6.23. The van der Waals surface area contributed by atoms with Crippen LogP contribution in [0.1, 0.15) is 16.2 Å². The lowest BCUT2D eigenvalue weighted by Crippen LogP contribution is -2.49. The molecule has 5 rings (SSSR count). The van der Waals surface area contributed by atoms with E-state index in [0.717, 1.165) is 17.1 Å². The molecule has 10 heteroatoms. The zero-order valence-electron chi connectivity index (χ0n) is 20.0. The molecule has 0 spiro atoms. The molecule has 0 unspecified atom stereocenters. The highest BCUT2D eigenvalue weighted by atomic mass is 16.6. The third kappa shape index (κ3) is 4.52. The van der Waals surface area contributed by atoms with Crippen molar-refractivity contribution in [1.82, 2.24) is 14.7 Å². The van der Waals surface area contributed by atoms with E-state index in [1.165, 1.54) is 12.1 Å². The molecule has 0 atom stereocenters. The van der Waals surface area contributed by atoms with E-state index in [2.05, 4.69) is 10.00 Å². The predicted octanol–water partition coefficient (Wildman–Crippen LogP) is 4.32. The van der Waals surface area contributed by atoms with E-state index < -0.39 is 4.92 Å². The Kier molecular flexibility index (Phi) is 6.16. The molecule has 1 amide bonds. The number of nitro groups is 1. The number of nitro benzene ring substituents is 1. The molecule has 1 aliphatic heterocycles. The van der Waals surface area contributed by atoms with Gasteiger partial charge in [-0.05, 0) is 55.5 Å². The van der Waals surface area contributed by atoms with E-state index in [4.69, 9.17) is 9.15 Å². The van der Waals surface area contributed by atoms with Gasteiger partial charge in [0.25, 0.3) is 11.6 Å². The monoisotopic (exact) mass is 487 g/mol. The molecule has 3 heterocycles. The van der Waals surface area contributed by atoms with Crippen LogP contribution in [-0.4, -0.2) is 58.8 Å². The van der Waals surface area contributed by atoms with Gasteiger partial charge < -0.3 is 19.0 Å². The molecule has 1 saturated heterocycles. The second-order valence-electron chi connectivity index (χ2n) is 8.49. The summed E-state index contributed by atoms with van der Waals surface area (Å²) >= 11 is 0. The predicted molar refractivity (Wildman–Crippen MR) is 134 cm³/mol. The van der Waals surface area contributed by atoms with Gasteiger partial charge in [0.1, 0.15) is 22.9 Å². The molecule has 2 aromatic heterocycles. The largest absolute Gasteiger partial charge is 0.497 e. The van der Waals surface area contributed by atoms with Crippen molar-refractivity contribution in [2.24, 2.45) is 0 Å². The van der Waals surface area contributed by atoms with Crippen molar-refractivity contribution in [3.05, 3.63) is 88.3 Å². The smallest absolute Gasteiger partial charge is 0.272 e. The minimum absolute atomic E-state index is 0.0573. The van der Waals surface area contributed by atoms with Gasteiger partial charge in [0.05, 0.1) is 17.7 Å². The summed E-state index contributed by atoms with van der Waals surface area (Å²) in [6.45, 7) is 4.12. The molecular formula is C26H25N5O5. The van der Waals surface area contributed by atoms with Crippen LogP contribution >= 0.6 is 0 Å². The van der Waals surface area contributed by atoms with Crippen LogP contribution in [0.25, 0.3) is 17.1 Å². The number of aromatic nitrogens is 2. The number of rotatable bonds is 6. The number of nitrogens with zero attached hydrogens (tertiary/aromatic N) is 5. The van der Waals surface area contributed by atoms with Crippen LogP contribution in [0.2, 0.25) is 0 Å². The summed E-state index contributed by atoms with van der Waals surface area (Å²) in [5, 5.41) is 15.6. The van der Waals surface area contributed by atoms with Crippen LogP contribution in [0.15, 0.2) is 71.1 Å². The van der Waals surface area contributed by atoms with Gasteiger partial charge in [-0.2, -0.15) is 5.10 Å². The fraction of sp³-hybridized carbons (Fsp3) is 0.231. The lowest BCUT2D eigenvalue weighted by Gasteiger charge is -2.36. The standard InChI is InChI=1S/C26H25N5O5/c1-18-3-12-25(36-18)23-17-24(30(27-23)20-8-10-22(35-2)11-9-20)26(32)29-15-13-28(14-16-29)19-4-6-21(7-5-19)31(33)34/h3-12,17H,13-16H2,1-2H3. The first-order valence-electron chi connectivity index (χ1n) is 11.5. The summed E-state index contributed by atoms with van der Waals surface area (Å²) in [7, 11) is 1.60. The number of carbonyl (C=O) groups excluding carboxylic acids is 1. The molecule has 4 aromatic rings. The number of non-ortho nitro benzene ring substituents is 1. The maximum atomic E-state index is 13.6. The Labute approximate surface area is 207 Å². The highest BCUT2D eigenvalue weighted by Gasteiger charge is 2.27. The minimum Gasteiger partial charge on any atom is -0.497 e. The number of methoxy groups -OCH3 is 1. The molecule has 1 aliphatic rings. The van der Waals surface area contributed by atoms with Gasteiger partial charge in [-0.25, -0.2) is 4.68 Å². The number of benzene rings is 2. The molecule has 0 saturated carbocycles. The topological polar surface area (TPSA) is 107 Å². The van der Waals surface area contributed by atoms with Crippen molar-refractivity contribution in [3.8, 4) is 22.9 Å². The summed E-state index contributed by atoms with van der Waals surface area (Å²) in [5.74, 6) is 1.94. The second-order valence-corrected chi connectivity index (χ2v) is 8.49. The lowest BCUT2D eigenvalue weighted by atomic mass is 10.2. The lowest BCUT2D eigenvalue weighted by molar-refractivity contribution is -0.384. The average Bonchev–Trinajstić information content (AvgIpc) is 3.55. The molecule has 0 radical (unpaired) electrons. The Morgan fingerprint density at radius 3 is 2.22 bits per heavy atom. The number of ether oxygens (including phenoxy) is 1. The number of piperazine rings is 1. The zero-order chi connectivity index (χ0) is 25.2. The molecule has 10 nitrogen and oxygen atoms in total. The number of amides is 1. The summed E-state index contributed by atoms with van der Waals surface area (Å²) in [4.78, 5) is 28.1. The number of hydrogen-bond donors (Lipinski definition) is 0. The van der Waals surface area contributed by atoms with E-state index in [-0.39, 0.29) is 11.6 Å². The van der Waals surface area contributed by atoms with Crippen molar-refractivity contribution in [1.29, 1.82) is 0 Å². The van der Waals surface area contributed by atoms with Gasteiger partial charge >= 0.3 is 0 Å². The maximum Gasteiger partial charge on any atom is 0.272 e. The number of carbonyl (C=O) groups is 1. The van der Waals surface area contributed by atoms with Crippen LogP contribution in [-0.2, 0) is 0 Å². The van der Waals surface area contributed by atoms with Gasteiger partial charge in [-0.3, -0.25) is 14.9 Å². The summed E-state index contributed by atoms with van der Waals surface area (Å²) < 4.78 is 12.7. The molecule has 2 aromatic carbocycles. The molecule has 36 heavy (non-hydrogen) atoms. The van der Waals surface area contributed by atoms with E-state index in [9.17, 15) is 14.9 Å². The van der Waals surface area contributed by atoms with Crippen LogP contribution in [0.5, 0.6) is 5.75 Å². The third-order valence-electron chi connectivity index (χ3n) is 6.23. The van der Waals surface area contributed by atoms with Gasteiger partial charge in [-0.15, -0.1) is 0 Å². The van der Waals surface area contributed by atoms with Gasteiger partial charge in [0, 0.05) is 50.1 Å². The summed E-state index contributed by atoms with van der Waals surface area (Å²) in [6.07, 6.45) is 0. The van der Waals surface area contributed by atoms with E-state index in [0.29, 0.717) is 49.1 Å². The first-order valence-corrected chi connectivity index (χ1v) is 11.5. The van der Waals surface area contributed by atoms with Crippen LogP contribution in [0, 0.1) is 17.0 Å². The van der Waals surface area contributed by atoms with Crippen LogP contribution in [0.4, 0.5) is 11.4 Å². The van der Waals surface area contributed by atoms with Crippen LogP contribution in [0.3, 0.4) is 0 Å². The first-order chi connectivity index (χ1) is 17.4. The number of anilines is 1. The normalized spacial score (nSPS) is 13.6. The highest BCUT2D eigenvalue weighted by molar-refractivity contribution is 5.94. The van der Waals surface area contributed by atoms with Crippen molar-refractivity contribution in [2.75, 3.05) is 38.2 Å². The maximum absolute atomic E-state index is 13.6. The fourth-order valence-electron chi connectivity index (χ4n) is 4.26. The van der Waals surface area contributed by atoms with Crippen LogP contribution < -0.4 is 9.64 Å². The van der Waals surface area contributed by atoms with E-state index >= 15 is 0 Å². The summed E-state index contributed by atoms with van der Waals surface area (Å²) in [6, 6.07) is 19.3. The van der Waals surface area contributed by atoms with Crippen molar-refractivity contribution >= 4 is 17.3 Å². The van der Waals surface area contributed by atoms with Crippen molar-refractivity contribution in [2.45, 2.75) is 6.92 Å². The first kappa shape index (κ1) is 23.2. The average molecular weight is 488 g/mol. The molecule has 1 fully saturated rings. The van der Waals surface area contributed by atoms with Gasteiger partial charge in [0.15, 0.2) is 5.76 Å². The number of hydrogen-bond acceptors (Lipinski definition) is 7. The van der Waals surface area contributed by atoms with E-state index in [1.54, 1.807) is 34.9 Å². The Morgan fingerprint density at radius 1 is 0.972 bits per heavy atom. The highest BCUT2D eigenvalue weighted by Crippen LogP contribution is 2.26. The molecule has 0 bridgehead atoms. The van der Waals surface area contributed by atoms with Gasteiger partial charge in [0.2, 0.25) is 0 Å². The molecule has 0 aliphatic carbocycles. The van der Waals surface area contributed by atoms with Crippen molar-refractivity contribution in [3.63, 3.8) is 0 Å². The zero-order valence-corrected chi connectivity index (χ0v) is 20.0. The number of furan rings is 1. The quantitative estimate of drug-likeness (QED) is 0.294. The Hall–Kier alpha value is -4.60. The fourth-order valence-corrected chi connectivity index (χ4v) is 4.26. The second kappa shape index (κ2) is 9.57. The Balaban J connectivity index is 1.38. The molecular weight excluding hydrogens is 462 g/mol. The summed E-state index contributed by atoms with van der Waals surface area (Å²) in [5.41, 5.74) is 2.70.